The minimum atomic E-state index is 0.334. The number of carbonyl (C=O) groups excluding carboxylic acids is 1. The first-order valence-corrected chi connectivity index (χ1v) is 6.01. The molecule has 0 aliphatic rings. The number of Topliss-reactive ketones (excluding diaryl/α,β-unsaturated/α-hetero) is 1. The van der Waals surface area contributed by atoms with E-state index in [0.717, 1.165) is 24.7 Å². The van der Waals surface area contributed by atoms with Gasteiger partial charge in [0.15, 0.2) is 0 Å². The fourth-order valence-electron chi connectivity index (χ4n) is 1.97. The summed E-state index contributed by atoms with van der Waals surface area (Å²) in [6.45, 7) is 8.59. The maximum Gasteiger partial charge on any atom is 0.129 e. The van der Waals surface area contributed by atoms with E-state index in [2.05, 4.69) is 20.8 Å². The normalized spacial score (nSPS) is 13.2. The van der Waals surface area contributed by atoms with Crippen molar-refractivity contribution in [2.24, 2.45) is 11.8 Å². The Labute approximate surface area is 89.3 Å². The SMILES string of the molecule is CC(=O)CCCCCC(C)CC(C)C. The van der Waals surface area contributed by atoms with Crippen LogP contribution < -0.4 is 0 Å². The second kappa shape index (κ2) is 8.02. The molecule has 0 amide bonds. The first kappa shape index (κ1) is 13.7. The van der Waals surface area contributed by atoms with Crippen molar-refractivity contribution in [2.75, 3.05) is 0 Å². The Hall–Kier alpha value is -0.330. The van der Waals surface area contributed by atoms with Gasteiger partial charge in [0.05, 0.1) is 0 Å². The molecule has 0 heterocycles. The molecule has 0 aromatic heterocycles. The molecule has 0 rings (SSSR count). The molecule has 84 valence electrons. The lowest BCUT2D eigenvalue weighted by Crippen LogP contribution is -2.00. The molecule has 1 unspecified atom stereocenters. The average Bonchev–Trinajstić information content (AvgIpc) is 2.01. The third-order valence-corrected chi connectivity index (χ3v) is 2.60. The van der Waals surface area contributed by atoms with Crippen molar-refractivity contribution in [1.82, 2.24) is 0 Å². The molecule has 0 aromatic carbocycles. The Morgan fingerprint density at radius 3 is 2.21 bits per heavy atom. The van der Waals surface area contributed by atoms with Crippen molar-refractivity contribution in [3.8, 4) is 0 Å². The molecule has 0 saturated heterocycles. The van der Waals surface area contributed by atoms with Crippen LogP contribution >= 0.6 is 0 Å². The fraction of sp³-hybridized carbons (Fsp3) is 0.923. The Morgan fingerprint density at radius 1 is 1.07 bits per heavy atom. The molecule has 0 aromatic rings. The van der Waals surface area contributed by atoms with Gasteiger partial charge in [0.25, 0.3) is 0 Å². The Bertz CT molecular complexity index is 149. The molecule has 1 nitrogen and oxygen atoms in total. The van der Waals surface area contributed by atoms with E-state index in [1.807, 2.05) is 0 Å². The molecule has 0 aliphatic carbocycles. The van der Waals surface area contributed by atoms with Gasteiger partial charge in [-0.25, -0.2) is 0 Å². The molecule has 14 heavy (non-hydrogen) atoms. The van der Waals surface area contributed by atoms with Gasteiger partial charge in [-0.1, -0.05) is 40.0 Å². The summed E-state index contributed by atoms with van der Waals surface area (Å²) in [5.74, 6) is 2.01. The molecule has 1 heteroatoms. The zero-order valence-electron chi connectivity index (χ0n) is 10.3. The summed E-state index contributed by atoms with van der Waals surface area (Å²) >= 11 is 0. The molecule has 0 spiro atoms. The summed E-state index contributed by atoms with van der Waals surface area (Å²) in [6, 6.07) is 0. The van der Waals surface area contributed by atoms with Crippen LogP contribution in [-0.2, 0) is 4.79 Å². The number of hydrogen-bond acceptors (Lipinski definition) is 1. The molecule has 0 aliphatic heterocycles. The van der Waals surface area contributed by atoms with Crippen LogP contribution in [0.2, 0.25) is 0 Å². The van der Waals surface area contributed by atoms with Crippen molar-refractivity contribution >= 4 is 5.78 Å². The molecule has 0 radical (unpaired) electrons. The zero-order valence-corrected chi connectivity index (χ0v) is 10.3. The topological polar surface area (TPSA) is 17.1 Å². The molecule has 1 atom stereocenters. The van der Waals surface area contributed by atoms with E-state index >= 15 is 0 Å². The van der Waals surface area contributed by atoms with Crippen LogP contribution in [0.25, 0.3) is 0 Å². The lowest BCUT2D eigenvalue weighted by atomic mass is 9.93. The second-order valence-corrected chi connectivity index (χ2v) is 5.04. The van der Waals surface area contributed by atoms with Crippen molar-refractivity contribution in [3.63, 3.8) is 0 Å². The third-order valence-electron chi connectivity index (χ3n) is 2.60. The minimum Gasteiger partial charge on any atom is -0.300 e. The van der Waals surface area contributed by atoms with E-state index in [-0.39, 0.29) is 0 Å². The van der Waals surface area contributed by atoms with E-state index in [4.69, 9.17) is 0 Å². The van der Waals surface area contributed by atoms with Crippen LogP contribution in [0.15, 0.2) is 0 Å². The van der Waals surface area contributed by atoms with Gasteiger partial charge in [-0.3, -0.25) is 0 Å². The summed E-state index contributed by atoms with van der Waals surface area (Å²) in [7, 11) is 0. The minimum absolute atomic E-state index is 0.334. The maximum absolute atomic E-state index is 10.7. The van der Waals surface area contributed by atoms with Gasteiger partial charge in [0, 0.05) is 6.42 Å². The molecule has 0 N–H and O–H groups in total. The quantitative estimate of drug-likeness (QED) is 0.534. The highest BCUT2D eigenvalue weighted by Gasteiger charge is 2.04. The Balaban J connectivity index is 3.23. The first-order chi connectivity index (χ1) is 6.52. The van der Waals surface area contributed by atoms with E-state index in [9.17, 15) is 4.79 Å². The Morgan fingerprint density at radius 2 is 1.71 bits per heavy atom. The standard InChI is InChI=1S/C13H26O/c1-11(2)10-12(3)8-6-5-7-9-13(4)14/h11-12H,5-10H2,1-4H3. The molecule has 0 saturated carbocycles. The monoisotopic (exact) mass is 198 g/mol. The smallest absolute Gasteiger partial charge is 0.129 e. The Kier molecular flexibility index (Phi) is 7.83. The van der Waals surface area contributed by atoms with Gasteiger partial charge in [0.2, 0.25) is 0 Å². The lowest BCUT2D eigenvalue weighted by Gasteiger charge is -2.13. The van der Waals surface area contributed by atoms with Gasteiger partial charge in [-0.15, -0.1) is 0 Å². The largest absolute Gasteiger partial charge is 0.300 e. The predicted molar refractivity (Wildman–Crippen MR) is 62.4 cm³/mol. The first-order valence-electron chi connectivity index (χ1n) is 6.01. The number of ketones is 1. The third kappa shape index (κ3) is 9.76. The van der Waals surface area contributed by atoms with Gasteiger partial charge in [-0.05, 0) is 31.6 Å². The summed E-state index contributed by atoms with van der Waals surface area (Å²) < 4.78 is 0. The van der Waals surface area contributed by atoms with E-state index in [1.54, 1.807) is 6.92 Å². The number of unbranched alkanes of at least 4 members (excludes halogenated alkanes) is 2. The maximum atomic E-state index is 10.7. The van der Waals surface area contributed by atoms with E-state index in [1.165, 1.54) is 25.7 Å². The number of carbonyl (C=O) groups is 1. The summed E-state index contributed by atoms with van der Waals surface area (Å²) in [5.41, 5.74) is 0. The molecule has 0 bridgehead atoms. The van der Waals surface area contributed by atoms with E-state index < -0.39 is 0 Å². The van der Waals surface area contributed by atoms with Gasteiger partial charge in [0.1, 0.15) is 5.78 Å². The van der Waals surface area contributed by atoms with Crippen molar-refractivity contribution in [3.05, 3.63) is 0 Å². The van der Waals surface area contributed by atoms with Crippen LogP contribution in [0.5, 0.6) is 0 Å². The molecule has 0 fully saturated rings. The second-order valence-electron chi connectivity index (χ2n) is 5.04. The van der Waals surface area contributed by atoms with Gasteiger partial charge < -0.3 is 4.79 Å². The van der Waals surface area contributed by atoms with Crippen LogP contribution in [0.3, 0.4) is 0 Å². The van der Waals surface area contributed by atoms with Crippen LogP contribution in [0.1, 0.15) is 66.2 Å². The number of hydrogen-bond donors (Lipinski definition) is 0. The lowest BCUT2D eigenvalue weighted by molar-refractivity contribution is -0.117. The average molecular weight is 198 g/mol. The highest BCUT2D eigenvalue weighted by atomic mass is 16.1. The fourth-order valence-corrected chi connectivity index (χ4v) is 1.97. The van der Waals surface area contributed by atoms with Crippen LogP contribution in [0, 0.1) is 11.8 Å². The van der Waals surface area contributed by atoms with Gasteiger partial charge in [-0.2, -0.15) is 0 Å². The van der Waals surface area contributed by atoms with Crippen LogP contribution in [-0.4, -0.2) is 5.78 Å². The summed E-state index contributed by atoms with van der Waals surface area (Å²) in [6.07, 6.45) is 7.05. The van der Waals surface area contributed by atoms with E-state index in [0.29, 0.717) is 5.78 Å². The van der Waals surface area contributed by atoms with Crippen LogP contribution in [0.4, 0.5) is 0 Å². The van der Waals surface area contributed by atoms with Crippen molar-refractivity contribution in [2.45, 2.75) is 66.2 Å². The molecular weight excluding hydrogens is 172 g/mol. The zero-order chi connectivity index (χ0) is 11.0. The highest BCUT2D eigenvalue weighted by molar-refractivity contribution is 5.75. The summed E-state index contributed by atoms with van der Waals surface area (Å²) in [5, 5.41) is 0. The highest BCUT2D eigenvalue weighted by Crippen LogP contribution is 2.17. The van der Waals surface area contributed by atoms with Gasteiger partial charge >= 0.3 is 0 Å². The summed E-state index contributed by atoms with van der Waals surface area (Å²) in [4.78, 5) is 10.7. The molecular formula is C13H26O. The van der Waals surface area contributed by atoms with Crippen molar-refractivity contribution in [1.29, 1.82) is 0 Å². The van der Waals surface area contributed by atoms with Crippen molar-refractivity contribution < 1.29 is 4.79 Å². The number of rotatable bonds is 8. The predicted octanol–water partition coefficient (Wildman–Crippen LogP) is 4.21.